The highest BCUT2D eigenvalue weighted by molar-refractivity contribution is 5.84. The molecule has 0 saturated carbocycles. The molecule has 0 saturated heterocycles. The third-order valence-corrected chi connectivity index (χ3v) is 4.33. The van der Waals surface area contributed by atoms with Crippen molar-refractivity contribution in [3.05, 3.63) is 54.1 Å². The molecule has 0 aliphatic heterocycles. The maximum atomic E-state index is 12.5. The highest BCUT2D eigenvalue weighted by Crippen LogP contribution is 2.08. The summed E-state index contributed by atoms with van der Waals surface area (Å²) in [5, 5.41) is 2.82. The van der Waals surface area contributed by atoms with Crippen LogP contribution in [0.2, 0.25) is 0 Å². The third-order valence-electron chi connectivity index (χ3n) is 4.33. The van der Waals surface area contributed by atoms with Gasteiger partial charge in [-0.1, -0.05) is 62.9 Å². The van der Waals surface area contributed by atoms with Crippen LogP contribution in [0.4, 0.5) is 0 Å². The Morgan fingerprint density at radius 2 is 1.93 bits per heavy atom. The number of ether oxygens (including phenoxy) is 1. The number of nitrogens with one attached hydrogen (secondary N) is 2. The number of esters is 1. The van der Waals surface area contributed by atoms with Crippen molar-refractivity contribution in [2.45, 2.75) is 64.5 Å². The van der Waals surface area contributed by atoms with Crippen LogP contribution in [0, 0.1) is 0 Å². The molecule has 27 heavy (non-hydrogen) atoms. The van der Waals surface area contributed by atoms with Crippen LogP contribution >= 0.6 is 0 Å². The van der Waals surface area contributed by atoms with Crippen LogP contribution in [0.3, 0.4) is 0 Å². The summed E-state index contributed by atoms with van der Waals surface area (Å²) >= 11 is 0. The van der Waals surface area contributed by atoms with E-state index in [9.17, 15) is 9.59 Å². The van der Waals surface area contributed by atoms with Gasteiger partial charge >= 0.3 is 5.97 Å². The Labute approximate surface area is 160 Å². The van der Waals surface area contributed by atoms with Crippen molar-refractivity contribution in [2.75, 3.05) is 0 Å². The Morgan fingerprint density at radius 1 is 1.15 bits per heavy atom. The van der Waals surface area contributed by atoms with Gasteiger partial charge in [0, 0.05) is 24.7 Å². The number of unbranched alkanes of at least 4 members (excludes halogenated alkanes) is 4. The quantitative estimate of drug-likeness (QED) is 0.441. The van der Waals surface area contributed by atoms with E-state index >= 15 is 0 Å². The molecule has 146 valence electrons. The number of hydrogen-bond donors (Lipinski definition) is 2. The number of aromatic nitrogens is 2. The Hall–Kier alpha value is -2.63. The monoisotopic (exact) mass is 371 g/mol. The normalized spacial score (nSPS) is 11.7. The van der Waals surface area contributed by atoms with Gasteiger partial charge < -0.3 is 15.0 Å². The fraction of sp³-hybridized carbons (Fsp3) is 0.476. The number of hydrogen-bond acceptors (Lipinski definition) is 4. The number of aromatic amines is 1. The average Bonchev–Trinajstić information content (AvgIpc) is 3.19. The second kappa shape index (κ2) is 11.9. The SMILES string of the molecule is CCCCCCCC(=O)N[C@@H](Cc1cnc[nH]1)C(=O)OCc1ccccc1. The van der Waals surface area contributed by atoms with Gasteiger partial charge in [0.05, 0.1) is 6.33 Å². The predicted molar refractivity (Wildman–Crippen MR) is 104 cm³/mol. The zero-order valence-corrected chi connectivity index (χ0v) is 15.9. The number of benzene rings is 1. The molecule has 6 heteroatoms. The molecule has 2 rings (SSSR count). The molecule has 6 nitrogen and oxygen atoms in total. The summed E-state index contributed by atoms with van der Waals surface area (Å²) in [5.41, 5.74) is 1.69. The summed E-state index contributed by atoms with van der Waals surface area (Å²) in [6, 6.07) is 8.76. The van der Waals surface area contributed by atoms with E-state index in [4.69, 9.17) is 4.74 Å². The summed E-state index contributed by atoms with van der Waals surface area (Å²) in [7, 11) is 0. The predicted octanol–water partition coefficient (Wildman–Crippen LogP) is 3.54. The molecule has 1 aromatic carbocycles. The van der Waals surface area contributed by atoms with E-state index < -0.39 is 12.0 Å². The first kappa shape index (κ1) is 20.7. The molecule has 0 fully saturated rings. The van der Waals surface area contributed by atoms with Crippen molar-refractivity contribution >= 4 is 11.9 Å². The highest BCUT2D eigenvalue weighted by Gasteiger charge is 2.23. The molecule has 1 aromatic heterocycles. The Balaban J connectivity index is 1.86. The van der Waals surface area contributed by atoms with Crippen molar-refractivity contribution in [1.82, 2.24) is 15.3 Å². The summed E-state index contributed by atoms with van der Waals surface area (Å²) in [6.07, 6.45) is 9.32. The smallest absolute Gasteiger partial charge is 0.329 e. The molecule has 0 bridgehead atoms. The molecule has 1 heterocycles. The topological polar surface area (TPSA) is 84.1 Å². The van der Waals surface area contributed by atoms with Gasteiger partial charge in [0.25, 0.3) is 0 Å². The molecular weight excluding hydrogens is 342 g/mol. The van der Waals surface area contributed by atoms with Crippen molar-refractivity contribution in [3.8, 4) is 0 Å². The highest BCUT2D eigenvalue weighted by atomic mass is 16.5. The van der Waals surface area contributed by atoms with Crippen molar-refractivity contribution in [3.63, 3.8) is 0 Å². The molecule has 1 atom stereocenters. The van der Waals surface area contributed by atoms with Gasteiger partial charge in [0.2, 0.25) is 5.91 Å². The van der Waals surface area contributed by atoms with Crippen LogP contribution in [-0.2, 0) is 27.4 Å². The second-order valence-electron chi connectivity index (χ2n) is 6.66. The lowest BCUT2D eigenvalue weighted by Crippen LogP contribution is -2.43. The fourth-order valence-corrected chi connectivity index (χ4v) is 2.79. The van der Waals surface area contributed by atoms with Gasteiger partial charge in [-0.25, -0.2) is 9.78 Å². The third kappa shape index (κ3) is 8.07. The van der Waals surface area contributed by atoms with Crippen LogP contribution in [-0.4, -0.2) is 27.9 Å². The van der Waals surface area contributed by atoms with Gasteiger partial charge in [0.15, 0.2) is 0 Å². The lowest BCUT2D eigenvalue weighted by molar-refractivity contribution is -0.149. The average molecular weight is 371 g/mol. The molecule has 2 N–H and O–H groups in total. The molecule has 0 radical (unpaired) electrons. The standard InChI is InChI=1S/C21H29N3O3/c1-2-3-4-5-9-12-20(25)24-19(13-18-14-22-16-23-18)21(26)27-15-17-10-7-6-8-11-17/h6-8,10-11,14,16,19H,2-5,9,12-13,15H2,1H3,(H,22,23)(H,24,25)/t19-/m0/s1. The molecular formula is C21H29N3O3. The minimum Gasteiger partial charge on any atom is -0.459 e. The maximum absolute atomic E-state index is 12.5. The zero-order valence-electron chi connectivity index (χ0n) is 15.9. The summed E-state index contributed by atoms with van der Waals surface area (Å²) < 4.78 is 5.41. The van der Waals surface area contributed by atoms with E-state index in [1.165, 1.54) is 12.8 Å². The second-order valence-corrected chi connectivity index (χ2v) is 6.66. The van der Waals surface area contributed by atoms with Gasteiger partial charge in [-0.2, -0.15) is 0 Å². The van der Waals surface area contributed by atoms with Crippen LogP contribution in [0.25, 0.3) is 0 Å². The van der Waals surface area contributed by atoms with Gasteiger partial charge in [-0.3, -0.25) is 4.79 Å². The summed E-state index contributed by atoms with van der Waals surface area (Å²) in [4.78, 5) is 31.7. The number of amides is 1. The lowest BCUT2D eigenvalue weighted by atomic mass is 10.1. The minimum atomic E-state index is -0.725. The Morgan fingerprint density at radius 3 is 2.63 bits per heavy atom. The van der Waals surface area contributed by atoms with E-state index in [1.54, 1.807) is 12.5 Å². The largest absolute Gasteiger partial charge is 0.459 e. The number of imidazole rings is 1. The number of H-pyrrole nitrogens is 1. The molecule has 0 unspecified atom stereocenters. The van der Waals surface area contributed by atoms with Crippen LogP contribution in [0.5, 0.6) is 0 Å². The van der Waals surface area contributed by atoms with Gasteiger partial charge in [-0.05, 0) is 12.0 Å². The van der Waals surface area contributed by atoms with Crippen molar-refractivity contribution in [2.24, 2.45) is 0 Å². The maximum Gasteiger partial charge on any atom is 0.329 e. The number of carbonyl (C=O) groups is 2. The Bertz CT molecular complexity index is 671. The van der Waals surface area contributed by atoms with Crippen LogP contribution in [0.15, 0.2) is 42.9 Å². The summed E-state index contributed by atoms with van der Waals surface area (Å²) in [5.74, 6) is -0.555. The van der Waals surface area contributed by atoms with Crippen molar-refractivity contribution in [1.29, 1.82) is 0 Å². The molecule has 1 amide bonds. The molecule has 2 aromatic rings. The molecule has 0 aliphatic rings. The lowest BCUT2D eigenvalue weighted by Gasteiger charge is -2.17. The molecule has 0 spiro atoms. The minimum absolute atomic E-state index is 0.118. The molecule has 0 aliphatic carbocycles. The zero-order chi connectivity index (χ0) is 19.3. The first-order chi connectivity index (χ1) is 13.2. The van der Waals surface area contributed by atoms with Gasteiger partial charge in [0.1, 0.15) is 12.6 Å². The first-order valence-corrected chi connectivity index (χ1v) is 9.66. The number of nitrogens with zero attached hydrogens (tertiary/aromatic N) is 1. The van der Waals surface area contributed by atoms with E-state index in [0.29, 0.717) is 12.8 Å². The van der Waals surface area contributed by atoms with Crippen LogP contribution in [0.1, 0.15) is 56.7 Å². The van der Waals surface area contributed by atoms with E-state index in [-0.39, 0.29) is 12.5 Å². The van der Waals surface area contributed by atoms with E-state index in [1.807, 2.05) is 30.3 Å². The Kier molecular flexibility index (Phi) is 9.10. The van der Waals surface area contributed by atoms with Crippen LogP contribution < -0.4 is 5.32 Å². The number of carbonyl (C=O) groups excluding carboxylic acids is 2. The number of rotatable bonds is 12. The van der Waals surface area contributed by atoms with Crippen molar-refractivity contribution < 1.29 is 14.3 Å². The van der Waals surface area contributed by atoms with E-state index in [0.717, 1.165) is 30.5 Å². The van der Waals surface area contributed by atoms with E-state index in [2.05, 4.69) is 22.2 Å². The summed E-state index contributed by atoms with van der Waals surface area (Å²) in [6.45, 7) is 2.35. The fourth-order valence-electron chi connectivity index (χ4n) is 2.79. The van der Waals surface area contributed by atoms with Gasteiger partial charge in [-0.15, -0.1) is 0 Å². The first-order valence-electron chi connectivity index (χ1n) is 9.66.